The number of hydrogen-bond acceptors (Lipinski definition) is 6. The third-order valence-electron chi connectivity index (χ3n) is 5.55. The molecule has 8 nitrogen and oxygen atoms in total. The number of nitrogens with zero attached hydrogens (tertiary/aromatic N) is 2. The molecule has 0 radical (unpaired) electrons. The monoisotopic (exact) mass is 519 g/mol. The molecule has 0 spiro atoms. The second-order valence-electron chi connectivity index (χ2n) is 7.80. The van der Waals surface area contributed by atoms with Crippen molar-refractivity contribution in [2.75, 3.05) is 43.9 Å². The Morgan fingerprint density at radius 1 is 1.12 bits per heavy atom. The molecule has 1 aliphatic rings. The summed E-state index contributed by atoms with van der Waals surface area (Å²) < 4.78 is 32.7. The Labute approximate surface area is 209 Å². The zero-order valence-electron chi connectivity index (χ0n) is 18.7. The number of methoxy groups -OCH3 is 1. The van der Waals surface area contributed by atoms with Crippen molar-refractivity contribution in [3.05, 3.63) is 53.7 Å². The molecule has 2 aromatic carbocycles. The lowest BCUT2D eigenvalue weighted by Gasteiger charge is -2.18. The minimum Gasteiger partial charge on any atom is -0.495 e. The first-order valence-corrected chi connectivity index (χ1v) is 13.1. The molecule has 180 valence electrons. The van der Waals surface area contributed by atoms with Crippen LogP contribution in [0.1, 0.15) is 12.8 Å². The minimum absolute atomic E-state index is 0.215. The van der Waals surface area contributed by atoms with Gasteiger partial charge >= 0.3 is 0 Å². The molecule has 2 heterocycles. The van der Waals surface area contributed by atoms with Gasteiger partial charge in [-0.05, 0) is 67.5 Å². The maximum absolute atomic E-state index is 12.9. The predicted octanol–water partition coefficient (Wildman–Crippen LogP) is 4.08. The van der Waals surface area contributed by atoms with Crippen molar-refractivity contribution >= 4 is 61.2 Å². The summed E-state index contributed by atoms with van der Waals surface area (Å²) in [5, 5.41) is 11.5. The molecule has 1 fully saturated rings. The number of nitrogens with one attached hydrogen (secondary N) is 3. The van der Waals surface area contributed by atoms with Gasteiger partial charge in [0.1, 0.15) is 5.75 Å². The van der Waals surface area contributed by atoms with E-state index in [1.807, 2.05) is 24.3 Å². The Hall–Kier alpha value is -2.66. The summed E-state index contributed by atoms with van der Waals surface area (Å²) in [5.41, 5.74) is 2.26. The number of rotatable bonds is 8. The summed E-state index contributed by atoms with van der Waals surface area (Å²) in [6.45, 7) is 2.23. The molecular weight excluding hydrogens is 494 g/mol. The summed E-state index contributed by atoms with van der Waals surface area (Å²) in [6.07, 6.45) is 3.49. The SMILES string of the molecule is COc1ccc(S(=O)(=O)N2CCCC2)cc1NC(=S)NCCNc1ccnc2cc(Cl)ccc12. The first-order chi connectivity index (χ1) is 16.4. The van der Waals surface area contributed by atoms with Crippen molar-refractivity contribution in [3.8, 4) is 5.75 Å². The largest absolute Gasteiger partial charge is 0.495 e. The van der Waals surface area contributed by atoms with Gasteiger partial charge in [0.15, 0.2) is 5.11 Å². The highest BCUT2D eigenvalue weighted by Gasteiger charge is 2.28. The first kappa shape index (κ1) is 24.5. The number of anilines is 2. The minimum atomic E-state index is -3.54. The molecule has 1 aliphatic heterocycles. The van der Waals surface area contributed by atoms with Crippen LogP contribution in [0.5, 0.6) is 5.75 Å². The number of thiocarbonyl (C=S) groups is 1. The number of benzene rings is 2. The molecule has 11 heteroatoms. The van der Waals surface area contributed by atoms with Gasteiger partial charge < -0.3 is 20.7 Å². The van der Waals surface area contributed by atoms with Crippen molar-refractivity contribution < 1.29 is 13.2 Å². The molecular formula is C23H26ClN5O3S2. The maximum Gasteiger partial charge on any atom is 0.243 e. The van der Waals surface area contributed by atoms with Crippen LogP contribution in [-0.2, 0) is 10.0 Å². The second kappa shape index (κ2) is 10.7. The molecule has 0 unspecified atom stereocenters. The fourth-order valence-corrected chi connectivity index (χ4v) is 5.76. The van der Waals surface area contributed by atoms with Crippen LogP contribution in [0.15, 0.2) is 53.6 Å². The fraction of sp³-hybridized carbons (Fsp3) is 0.304. The summed E-state index contributed by atoms with van der Waals surface area (Å²) in [6, 6.07) is 12.3. The Kier molecular flexibility index (Phi) is 7.72. The molecule has 0 saturated carbocycles. The van der Waals surface area contributed by atoms with Gasteiger partial charge in [-0.15, -0.1) is 0 Å². The van der Waals surface area contributed by atoms with Crippen LogP contribution in [0.2, 0.25) is 5.02 Å². The Balaban J connectivity index is 1.36. The van der Waals surface area contributed by atoms with E-state index < -0.39 is 10.0 Å². The summed E-state index contributed by atoms with van der Waals surface area (Å²) in [5.74, 6) is 0.504. The summed E-state index contributed by atoms with van der Waals surface area (Å²) in [4.78, 5) is 4.56. The second-order valence-corrected chi connectivity index (χ2v) is 10.6. The lowest BCUT2D eigenvalue weighted by atomic mass is 10.2. The number of pyridine rings is 1. The van der Waals surface area contributed by atoms with Gasteiger partial charge in [-0.25, -0.2) is 8.42 Å². The van der Waals surface area contributed by atoms with Gasteiger partial charge in [0.05, 0.1) is 23.2 Å². The van der Waals surface area contributed by atoms with Crippen LogP contribution in [0.25, 0.3) is 10.9 Å². The van der Waals surface area contributed by atoms with E-state index in [1.54, 1.807) is 24.4 Å². The average Bonchev–Trinajstić information content (AvgIpc) is 3.37. The van der Waals surface area contributed by atoms with Crippen LogP contribution in [0.3, 0.4) is 0 Å². The van der Waals surface area contributed by atoms with Gasteiger partial charge in [-0.3, -0.25) is 4.98 Å². The third kappa shape index (κ3) is 5.52. The van der Waals surface area contributed by atoms with Gasteiger partial charge in [-0.1, -0.05) is 11.6 Å². The average molecular weight is 520 g/mol. The summed E-state index contributed by atoms with van der Waals surface area (Å²) in [7, 11) is -2.01. The van der Waals surface area contributed by atoms with E-state index in [4.69, 9.17) is 28.6 Å². The van der Waals surface area contributed by atoms with Crippen molar-refractivity contribution in [2.24, 2.45) is 0 Å². The first-order valence-electron chi connectivity index (χ1n) is 10.9. The molecule has 4 rings (SSSR count). The highest BCUT2D eigenvalue weighted by molar-refractivity contribution is 7.89. The van der Waals surface area contributed by atoms with E-state index in [0.717, 1.165) is 29.4 Å². The quantitative estimate of drug-likeness (QED) is 0.303. The molecule has 1 saturated heterocycles. The number of fused-ring (bicyclic) bond motifs is 1. The van der Waals surface area contributed by atoms with E-state index in [2.05, 4.69) is 20.9 Å². The normalized spacial score (nSPS) is 14.2. The Morgan fingerprint density at radius 3 is 2.68 bits per heavy atom. The molecule has 3 N–H and O–H groups in total. The van der Waals surface area contributed by atoms with E-state index in [-0.39, 0.29) is 4.90 Å². The van der Waals surface area contributed by atoms with Crippen LogP contribution in [0, 0.1) is 0 Å². The highest BCUT2D eigenvalue weighted by Crippen LogP contribution is 2.30. The van der Waals surface area contributed by atoms with Crippen molar-refractivity contribution in [2.45, 2.75) is 17.7 Å². The zero-order chi connectivity index (χ0) is 24.1. The van der Waals surface area contributed by atoms with Crippen molar-refractivity contribution in [3.63, 3.8) is 0 Å². The molecule has 0 bridgehead atoms. The number of hydrogen-bond donors (Lipinski definition) is 3. The number of ether oxygens (including phenoxy) is 1. The number of sulfonamides is 1. The Bertz CT molecular complexity index is 1300. The van der Waals surface area contributed by atoms with Gasteiger partial charge in [0.25, 0.3) is 0 Å². The van der Waals surface area contributed by atoms with Crippen LogP contribution in [0.4, 0.5) is 11.4 Å². The van der Waals surface area contributed by atoms with E-state index in [0.29, 0.717) is 47.8 Å². The molecule has 3 aromatic rings. The molecule has 0 aliphatic carbocycles. The van der Waals surface area contributed by atoms with Crippen LogP contribution < -0.4 is 20.7 Å². The van der Waals surface area contributed by atoms with Crippen molar-refractivity contribution in [1.29, 1.82) is 0 Å². The fourth-order valence-electron chi connectivity index (χ4n) is 3.84. The highest BCUT2D eigenvalue weighted by atomic mass is 35.5. The van der Waals surface area contributed by atoms with Crippen LogP contribution >= 0.6 is 23.8 Å². The topological polar surface area (TPSA) is 95.6 Å². The predicted molar refractivity (Wildman–Crippen MR) is 140 cm³/mol. The molecule has 34 heavy (non-hydrogen) atoms. The van der Waals surface area contributed by atoms with Gasteiger partial charge in [-0.2, -0.15) is 4.31 Å². The summed E-state index contributed by atoms with van der Waals surface area (Å²) >= 11 is 11.5. The number of halogens is 1. The molecule has 1 aromatic heterocycles. The Morgan fingerprint density at radius 2 is 1.91 bits per heavy atom. The van der Waals surface area contributed by atoms with E-state index in [9.17, 15) is 8.42 Å². The standard InChI is InChI=1S/C23H26ClN5O3S2/c1-32-22-7-5-17(34(30,31)29-12-2-3-13-29)15-21(22)28-23(33)27-11-10-26-19-8-9-25-20-14-16(24)4-6-18(19)20/h4-9,14-15H,2-3,10-13H2,1H3,(H,25,26)(H2,27,28,33). The molecule has 0 amide bonds. The van der Waals surface area contributed by atoms with Crippen LogP contribution in [-0.4, -0.2) is 56.1 Å². The van der Waals surface area contributed by atoms with Crippen molar-refractivity contribution in [1.82, 2.24) is 14.6 Å². The smallest absolute Gasteiger partial charge is 0.243 e. The lowest BCUT2D eigenvalue weighted by Crippen LogP contribution is -2.32. The number of aromatic nitrogens is 1. The lowest BCUT2D eigenvalue weighted by molar-refractivity contribution is 0.416. The van der Waals surface area contributed by atoms with Gasteiger partial charge in [0.2, 0.25) is 10.0 Å². The molecule has 0 atom stereocenters. The maximum atomic E-state index is 12.9. The third-order valence-corrected chi connectivity index (χ3v) is 7.93. The van der Waals surface area contributed by atoms with Gasteiger partial charge in [0, 0.05) is 48.5 Å². The van der Waals surface area contributed by atoms with E-state index >= 15 is 0 Å². The van der Waals surface area contributed by atoms with E-state index in [1.165, 1.54) is 11.4 Å². The zero-order valence-corrected chi connectivity index (χ0v) is 21.1.